The summed E-state index contributed by atoms with van der Waals surface area (Å²) in [4.78, 5) is 12.5. The number of amides is 1. The van der Waals surface area contributed by atoms with Gasteiger partial charge in [-0.25, -0.2) is 8.42 Å². The van der Waals surface area contributed by atoms with E-state index in [9.17, 15) is 13.2 Å². The first kappa shape index (κ1) is 20.6. The third kappa shape index (κ3) is 4.82. The number of hydrogen-bond acceptors (Lipinski definition) is 4. The smallest absolute Gasteiger partial charge is 0.255 e. The highest BCUT2D eigenvalue weighted by Gasteiger charge is 2.26. The number of methoxy groups -OCH3 is 1. The van der Waals surface area contributed by atoms with Crippen LogP contribution in [0.3, 0.4) is 0 Å². The first-order valence-corrected chi connectivity index (χ1v) is 10.4. The number of para-hydroxylation sites is 1. The molecule has 0 unspecified atom stereocenters. The molecule has 0 aliphatic heterocycles. The number of carbonyl (C=O) groups excluding carboxylic acids is 1. The van der Waals surface area contributed by atoms with E-state index in [2.05, 4.69) is 5.32 Å². The van der Waals surface area contributed by atoms with Gasteiger partial charge in [0.1, 0.15) is 10.6 Å². The van der Waals surface area contributed by atoms with Gasteiger partial charge in [0.05, 0.1) is 7.11 Å². The monoisotopic (exact) mass is 410 g/mol. The van der Waals surface area contributed by atoms with Crippen LogP contribution >= 0.6 is 0 Å². The van der Waals surface area contributed by atoms with Crippen LogP contribution in [-0.4, -0.2) is 32.8 Å². The van der Waals surface area contributed by atoms with E-state index < -0.39 is 15.9 Å². The summed E-state index contributed by atoms with van der Waals surface area (Å²) in [5.74, 6) is -0.220. The Balaban J connectivity index is 1.90. The Morgan fingerprint density at radius 1 is 0.966 bits per heavy atom. The third-order valence-electron chi connectivity index (χ3n) is 4.39. The lowest BCUT2D eigenvalue weighted by Crippen LogP contribution is -2.27. The second kappa shape index (κ2) is 8.89. The molecule has 0 radical (unpaired) electrons. The van der Waals surface area contributed by atoms with Crippen LogP contribution in [0.15, 0.2) is 83.8 Å². The van der Waals surface area contributed by atoms with Crippen molar-refractivity contribution in [2.45, 2.75) is 11.4 Å². The standard InChI is InChI=1S/C22H22N2O4S/c1-24(16-17-9-5-3-6-10-17)29(26,27)21-15-18(13-14-20(21)28-2)22(25)23-19-11-7-4-8-12-19/h3-15H,16H2,1-2H3,(H,23,25). The summed E-state index contributed by atoms with van der Waals surface area (Å²) in [5.41, 5.74) is 1.70. The Morgan fingerprint density at radius 2 is 1.59 bits per heavy atom. The Hall–Kier alpha value is -3.16. The Kier molecular flexibility index (Phi) is 6.31. The minimum absolute atomic E-state index is 0.0563. The fraction of sp³-hybridized carbons (Fsp3) is 0.136. The van der Waals surface area contributed by atoms with Crippen LogP contribution in [0.5, 0.6) is 5.75 Å². The highest BCUT2D eigenvalue weighted by Crippen LogP contribution is 2.28. The zero-order valence-corrected chi connectivity index (χ0v) is 17.0. The maximum Gasteiger partial charge on any atom is 0.255 e. The lowest BCUT2D eigenvalue weighted by atomic mass is 10.2. The maximum absolute atomic E-state index is 13.2. The molecule has 150 valence electrons. The van der Waals surface area contributed by atoms with Gasteiger partial charge in [0, 0.05) is 24.8 Å². The lowest BCUT2D eigenvalue weighted by Gasteiger charge is -2.19. The fourth-order valence-electron chi connectivity index (χ4n) is 2.84. The number of nitrogens with zero attached hydrogens (tertiary/aromatic N) is 1. The van der Waals surface area contributed by atoms with Gasteiger partial charge in [0.25, 0.3) is 5.91 Å². The van der Waals surface area contributed by atoms with Crippen molar-refractivity contribution >= 4 is 21.6 Å². The molecule has 7 heteroatoms. The van der Waals surface area contributed by atoms with Gasteiger partial charge in [-0.3, -0.25) is 4.79 Å². The van der Waals surface area contributed by atoms with Gasteiger partial charge in [-0.2, -0.15) is 4.31 Å². The number of sulfonamides is 1. The predicted octanol–water partition coefficient (Wildman–Crippen LogP) is 3.77. The summed E-state index contributed by atoms with van der Waals surface area (Å²) >= 11 is 0. The Labute approximate surface area is 170 Å². The number of ether oxygens (including phenoxy) is 1. The molecule has 6 nitrogen and oxygen atoms in total. The van der Waals surface area contributed by atoms with Crippen molar-refractivity contribution in [3.63, 3.8) is 0 Å². The zero-order valence-electron chi connectivity index (χ0n) is 16.2. The molecule has 3 aromatic carbocycles. The van der Waals surface area contributed by atoms with E-state index >= 15 is 0 Å². The highest BCUT2D eigenvalue weighted by atomic mass is 32.2. The van der Waals surface area contributed by atoms with E-state index in [0.717, 1.165) is 5.56 Å². The van der Waals surface area contributed by atoms with E-state index in [4.69, 9.17) is 4.74 Å². The Bertz CT molecular complexity index is 1080. The van der Waals surface area contributed by atoms with E-state index in [0.29, 0.717) is 5.69 Å². The van der Waals surface area contributed by atoms with Crippen molar-refractivity contribution in [1.82, 2.24) is 4.31 Å². The summed E-state index contributed by atoms with van der Waals surface area (Å²) < 4.78 is 32.8. The van der Waals surface area contributed by atoms with Crippen molar-refractivity contribution in [3.05, 3.63) is 90.0 Å². The molecule has 0 heterocycles. The number of rotatable bonds is 7. The van der Waals surface area contributed by atoms with Crippen LogP contribution in [0.1, 0.15) is 15.9 Å². The van der Waals surface area contributed by atoms with Crippen molar-refractivity contribution in [3.8, 4) is 5.75 Å². The van der Waals surface area contributed by atoms with Gasteiger partial charge in [0.15, 0.2) is 0 Å². The average Bonchev–Trinajstić information content (AvgIpc) is 2.74. The molecular formula is C22H22N2O4S. The molecule has 0 atom stereocenters. The molecule has 0 aliphatic carbocycles. The van der Waals surface area contributed by atoms with E-state index in [1.165, 1.54) is 36.7 Å². The van der Waals surface area contributed by atoms with Gasteiger partial charge in [-0.1, -0.05) is 48.5 Å². The summed E-state index contributed by atoms with van der Waals surface area (Å²) in [6.07, 6.45) is 0. The molecule has 0 saturated heterocycles. The van der Waals surface area contributed by atoms with Crippen LogP contribution in [-0.2, 0) is 16.6 Å². The molecule has 29 heavy (non-hydrogen) atoms. The van der Waals surface area contributed by atoms with E-state index in [-0.39, 0.29) is 22.8 Å². The average molecular weight is 410 g/mol. The highest BCUT2D eigenvalue weighted by molar-refractivity contribution is 7.89. The Morgan fingerprint density at radius 3 is 2.21 bits per heavy atom. The van der Waals surface area contributed by atoms with Crippen LogP contribution in [0.2, 0.25) is 0 Å². The molecule has 0 spiro atoms. The molecule has 0 bridgehead atoms. The largest absolute Gasteiger partial charge is 0.495 e. The van der Waals surface area contributed by atoms with Crippen LogP contribution < -0.4 is 10.1 Å². The molecule has 0 aromatic heterocycles. The van der Waals surface area contributed by atoms with Crippen molar-refractivity contribution in [1.29, 1.82) is 0 Å². The summed E-state index contributed by atoms with van der Waals surface area (Å²) in [5, 5.41) is 2.76. The third-order valence-corrected chi connectivity index (χ3v) is 6.22. The molecular weight excluding hydrogens is 388 g/mol. The molecule has 1 amide bonds. The number of benzene rings is 3. The second-order valence-corrected chi connectivity index (χ2v) is 8.45. The first-order valence-electron chi connectivity index (χ1n) is 8.96. The molecule has 3 aromatic rings. The van der Waals surface area contributed by atoms with E-state index in [1.807, 2.05) is 36.4 Å². The lowest BCUT2D eigenvalue weighted by molar-refractivity contribution is 0.102. The quantitative estimate of drug-likeness (QED) is 0.643. The molecule has 3 rings (SSSR count). The van der Waals surface area contributed by atoms with Gasteiger partial charge in [-0.05, 0) is 35.9 Å². The molecule has 0 saturated carbocycles. The molecule has 1 N–H and O–H groups in total. The topological polar surface area (TPSA) is 75.7 Å². The fourth-order valence-corrected chi connectivity index (χ4v) is 4.17. The summed E-state index contributed by atoms with van der Waals surface area (Å²) in [7, 11) is -0.984. The minimum atomic E-state index is -3.88. The number of anilines is 1. The van der Waals surface area contributed by atoms with Gasteiger partial charge in [0.2, 0.25) is 10.0 Å². The van der Waals surface area contributed by atoms with Crippen LogP contribution in [0, 0.1) is 0 Å². The van der Waals surface area contributed by atoms with Crippen LogP contribution in [0.25, 0.3) is 0 Å². The van der Waals surface area contributed by atoms with Crippen molar-refractivity contribution < 1.29 is 17.9 Å². The maximum atomic E-state index is 13.2. The second-order valence-electron chi connectivity index (χ2n) is 6.43. The van der Waals surface area contributed by atoms with Crippen molar-refractivity contribution in [2.75, 3.05) is 19.5 Å². The number of nitrogens with one attached hydrogen (secondary N) is 1. The number of hydrogen-bond donors (Lipinski definition) is 1. The normalized spacial score (nSPS) is 11.3. The SMILES string of the molecule is COc1ccc(C(=O)Nc2ccccc2)cc1S(=O)(=O)N(C)Cc1ccccc1. The molecule has 0 fully saturated rings. The minimum Gasteiger partial charge on any atom is -0.495 e. The summed E-state index contributed by atoms with van der Waals surface area (Å²) in [6, 6.07) is 22.6. The first-order chi connectivity index (χ1) is 13.9. The summed E-state index contributed by atoms with van der Waals surface area (Å²) in [6.45, 7) is 0.201. The van der Waals surface area contributed by atoms with Crippen LogP contribution in [0.4, 0.5) is 5.69 Å². The van der Waals surface area contributed by atoms with Gasteiger partial charge in [-0.15, -0.1) is 0 Å². The van der Waals surface area contributed by atoms with Gasteiger partial charge >= 0.3 is 0 Å². The predicted molar refractivity (Wildman–Crippen MR) is 112 cm³/mol. The van der Waals surface area contributed by atoms with Gasteiger partial charge < -0.3 is 10.1 Å². The molecule has 0 aliphatic rings. The zero-order chi connectivity index (χ0) is 20.9. The van der Waals surface area contributed by atoms with Crippen molar-refractivity contribution in [2.24, 2.45) is 0 Å². The number of carbonyl (C=O) groups is 1. The van der Waals surface area contributed by atoms with E-state index in [1.54, 1.807) is 24.3 Å².